The molecule has 0 bridgehead atoms. The molecule has 1 aliphatic heterocycles. The summed E-state index contributed by atoms with van der Waals surface area (Å²) in [5.41, 5.74) is 2.01. The number of anilines is 1. The maximum absolute atomic E-state index is 13.5. The largest absolute Gasteiger partial charge is 0.506 e. The van der Waals surface area contributed by atoms with E-state index in [0.717, 1.165) is 12.0 Å². The summed E-state index contributed by atoms with van der Waals surface area (Å²) in [7, 11) is 2.86. The fourth-order valence-corrected chi connectivity index (χ4v) is 4.44. The third-order valence-corrected chi connectivity index (χ3v) is 6.17. The van der Waals surface area contributed by atoms with E-state index < -0.39 is 29.5 Å². The normalized spacial score (nSPS) is 16.5. The highest BCUT2D eigenvalue weighted by Crippen LogP contribution is 2.45. The summed E-state index contributed by atoms with van der Waals surface area (Å²) in [5.74, 6) is -1.85. The molecule has 1 saturated heterocycles. The maximum Gasteiger partial charge on any atom is 0.308 e. The molecule has 1 atom stereocenters. The molecule has 0 aliphatic carbocycles. The Morgan fingerprint density at radius 3 is 2.14 bits per heavy atom. The molecular formula is C29H27NO7. The van der Waals surface area contributed by atoms with E-state index in [0.29, 0.717) is 11.3 Å². The van der Waals surface area contributed by atoms with Crippen LogP contribution in [0.2, 0.25) is 0 Å². The summed E-state index contributed by atoms with van der Waals surface area (Å²) < 4.78 is 16.1. The molecule has 8 heteroatoms. The van der Waals surface area contributed by atoms with Gasteiger partial charge in [0.15, 0.2) is 0 Å². The van der Waals surface area contributed by atoms with E-state index in [-0.39, 0.29) is 28.4 Å². The highest BCUT2D eigenvalue weighted by molar-refractivity contribution is 6.51. The van der Waals surface area contributed by atoms with E-state index in [2.05, 4.69) is 0 Å². The van der Waals surface area contributed by atoms with E-state index in [1.54, 1.807) is 54.6 Å². The lowest BCUT2D eigenvalue weighted by Gasteiger charge is -2.26. The van der Waals surface area contributed by atoms with Gasteiger partial charge in [0.05, 0.1) is 25.8 Å². The number of amides is 1. The number of ether oxygens (including phenoxy) is 3. The highest BCUT2D eigenvalue weighted by Gasteiger charge is 2.47. The fraction of sp³-hybridized carbons (Fsp3) is 0.207. The van der Waals surface area contributed by atoms with Crippen LogP contribution in [0, 0.1) is 0 Å². The van der Waals surface area contributed by atoms with Crippen molar-refractivity contribution in [1.82, 2.24) is 0 Å². The average Bonchev–Trinajstić information content (AvgIpc) is 3.17. The van der Waals surface area contributed by atoms with E-state index in [4.69, 9.17) is 14.2 Å². The number of benzene rings is 3. The van der Waals surface area contributed by atoms with Crippen LogP contribution in [0.4, 0.5) is 5.69 Å². The van der Waals surface area contributed by atoms with Gasteiger partial charge in [-0.2, -0.15) is 0 Å². The second-order valence-electron chi connectivity index (χ2n) is 8.39. The van der Waals surface area contributed by atoms with Crippen molar-refractivity contribution in [2.45, 2.75) is 26.3 Å². The van der Waals surface area contributed by atoms with Gasteiger partial charge >= 0.3 is 5.97 Å². The van der Waals surface area contributed by atoms with Crippen LogP contribution in [0.3, 0.4) is 0 Å². The third kappa shape index (κ3) is 4.78. The van der Waals surface area contributed by atoms with Crippen LogP contribution in [-0.2, 0) is 20.8 Å². The Labute approximate surface area is 214 Å². The Morgan fingerprint density at radius 2 is 1.57 bits per heavy atom. The molecule has 4 rings (SSSR count). The Bertz CT molecular complexity index is 1370. The molecule has 8 nitrogen and oxygen atoms in total. The minimum atomic E-state index is -1.02. The van der Waals surface area contributed by atoms with Gasteiger partial charge in [-0.3, -0.25) is 19.3 Å². The van der Waals surface area contributed by atoms with Gasteiger partial charge < -0.3 is 19.3 Å². The molecule has 1 unspecified atom stereocenters. The van der Waals surface area contributed by atoms with Gasteiger partial charge in [0.25, 0.3) is 11.7 Å². The van der Waals surface area contributed by atoms with Crippen molar-refractivity contribution in [3.63, 3.8) is 0 Å². The van der Waals surface area contributed by atoms with Crippen molar-refractivity contribution < 1.29 is 33.7 Å². The van der Waals surface area contributed by atoms with Crippen LogP contribution in [0.5, 0.6) is 17.2 Å². The van der Waals surface area contributed by atoms with Gasteiger partial charge in [0.1, 0.15) is 28.6 Å². The molecule has 0 radical (unpaired) electrons. The monoisotopic (exact) mass is 501 g/mol. The first kappa shape index (κ1) is 25.5. The van der Waals surface area contributed by atoms with Gasteiger partial charge in [-0.05, 0) is 53.9 Å². The van der Waals surface area contributed by atoms with Crippen molar-refractivity contribution >= 4 is 29.1 Å². The summed E-state index contributed by atoms with van der Waals surface area (Å²) in [5, 5.41) is 11.6. The number of aliphatic hydroxyl groups excluding tert-OH is 1. The van der Waals surface area contributed by atoms with E-state index in [1.807, 2.05) is 19.1 Å². The zero-order chi connectivity index (χ0) is 26.7. The van der Waals surface area contributed by atoms with Gasteiger partial charge in [0, 0.05) is 12.6 Å². The highest BCUT2D eigenvalue weighted by atomic mass is 16.5. The van der Waals surface area contributed by atoms with Crippen LogP contribution < -0.4 is 19.1 Å². The van der Waals surface area contributed by atoms with Gasteiger partial charge in [-0.15, -0.1) is 0 Å². The molecular weight excluding hydrogens is 474 g/mol. The Balaban J connectivity index is 1.99. The topological polar surface area (TPSA) is 102 Å². The molecule has 1 heterocycles. The molecule has 1 N–H and O–H groups in total. The molecule has 3 aromatic rings. The van der Waals surface area contributed by atoms with Crippen LogP contribution in [0.1, 0.15) is 36.6 Å². The molecule has 1 aliphatic rings. The number of carbonyl (C=O) groups excluding carboxylic acids is 3. The molecule has 0 saturated carbocycles. The SMILES string of the molecule is CCc1ccc(N2C(=O)C(=O)/C(=C(/O)c3c(OC)cccc3OC)C2c2cccc(OC(C)=O)c2)cc1. The number of rotatable bonds is 7. The van der Waals surface area contributed by atoms with Crippen molar-refractivity contribution in [3.8, 4) is 17.2 Å². The molecule has 0 aromatic heterocycles. The Hall–Kier alpha value is -4.59. The summed E-state index contributed by atoms with van der Waals surface area (Å²) in [4.78, 5) is 39.9. The smallest absolute Gasteiger partial charge is 0.308 e. The second kappa shape index (κ2) is 10.6. The quantitative estimate of drug-likeness (QED) is 0.163. The Kier molecular flexibility index (Phi) is 7.29. The molecule has 190 valence electrons. The first-order chi connectivity index (χ1) is 17.8. The van der Waals surface area contributed by atoms with Gasteiger partial charge in [-0.25, -0.2) is 0 Å². The summed E-state index contributed by atoms with van der Waals surface area (Å²) >= 11 is 0. The van der Waals surface area contributed by atoms with Crippen LogP contribution in [0.15, 0.2) is 72.3 Å². The molecule has 37 heavy (non-hydrogen) atoms. The standard InChI is InChI=1S/C29H27NO7/c1-5-18-12-14-20(15-13-18)30-26(19-8-6-9-21(16-19)37-17(2)31)25(28(33)29(30)34)27(32)24-22(35-3)10-7-11-23(24)36-4/h6-16,26,32H,5H2,1-4H3/b27-25+. The molecule has 3 aromatic carbocycles. The van der Waals surface area contributed by atoms with Crippen molar-refractivity contribution in [1.29, 1.82) is 0 Å². The average molecular weight is 502 g/mol. The number of hydrogen-bond donors (Lipinski definition) is 1. The minimum absolute atomic E-state index is 0.146. The number of nitrogens with zero attached hydrogens (tertiary/aromatic N) is 1. The predicted molar refractivity (Wildman–Crippen MR) is 138 cm³/mol. The lowest BCUT2D eigenvalue weighted by Crippen LogP contribution is -2.29. The lowest BCUT2D eigenvalue weighted by atomic mass is 9.94. The number of hydrogen-bond acceptors (Lipinski definition) is 7. The minimum Gasteiger partial charge on any atom is -0.506 e. The summed E-state index contributed by atoms with van der Waals surface area (Å²) in [6.45, 7) is 3.30. The zero-order valence-corrected chi connectivity index (χ0v) is 21.0. The number of methoxy groups -OCH3 is 2. The molecule has 1 amide bonds. The van der Waals surface area contributed by atoms with E-state index in [9.17, 15) is 19.5 Å². The van der Waals surface area contributed by atoms with Gasteiger partial charge in [-0.1, -0.05) is 37.3 Å². The van der Waals surface area contributed by atoms with Crippen molar-refractivity contribution in [2.24, 2.45) is 0 Å². The third-order valence-electron chi connectivity index (χ3n) is 6.17. The Morgan fingerprint density at radius 1 is 0.946 bits per heavy atom. The molecule has 1 fully saturated rings. The van der Waals surface area contributed by atoms with E-state index in [1.165, 1.54) is 26.0 Å². The predicted octanol–water partition coefficient (Wildman–Crippen LogP) is 4.82. The van der Waals surface area contributed by atoms with Gasteiger partial charge in [0.2, 0.25) is 0 Å². The second-order valence-corrected chi connectivity index (χ2v) is 8.39. The number of carbonyl (C=O) groups is 3. The summed E-state index contributed by atoms with van der Waals surface area (Å²) in [6, 6.07) is 17.7. The van der Waals surface area contributed by atoms with E-state index >= 15 is 0 Å². The van der Waals surface area contributed by atoms with Crippen molar-refractivity contribution in [3.05, 3.63) is 89.0 Å². The van der Waals surface area contributed by atoms with Crippen LogP contribution in [0.25, 0.3) is 5.76 Å². The zero-order valence-electron chi connectivity index (χ0n) is 21.0. The maximum atomic E-state index is 13.5. The fourth-order valence-electron chi connectivity index (χ4n) is 4.44. The molecule has 0 spiro atoms. The summed E-state index contributed by atoms with van der Waals surface area (Å²) in [6.07, 6.45) is 0.806. The first-order valence-corrected chi connectivity index (χ1v) is 11.7. The number of aryl methyl sites for hydroxylation is 1. The van der Waals surface area contributed by atoms with Crippen LogP contribution in [-0.4, -0.2) is 37.0 Å². The number of Topliss-reactive ketones (excluding diaryl/α,β-unsaturated/α-hetero) is 1. The number of ketones is 1. The lowest BCUT2D eigenvalue weighted by molar-refractivity contribution is -0.132. The van der Waals surface area contributed by atoms with Crippen LogP contribution >= 0.6 is 0 Å². The first-order valence-electron chi connectivity index (χ1n) is 11.7. The van der Waals surface area contributed by atoms with Crippen molar-refractivity contribution in [2.75, 3.05) is 19.1 Å². The number of aliphatic hydroxyl groups is 1. The number of esters is 1.